The lowest BCUT2D eigenvalue weighted by molar-refractivity contribution is 1.18. The van der Waals surface area contributed by atoms with E-state index in [-0.39, 0.29) is 0 Å². The van der Waals surface area contributed by atoms with Crippen LogP contribution in [-0.4, -0.2) is 4.57 Å². The molecule has 0 radical (unpaired) electrons. The van der Waals surface area contributed by atoms with Gasteiger partial charge in [-0.1, -0.05) is 121 Å². The van der Waals surface area contributed by atoms with E-state index < -0.39 is 0 Å². The molecule has 0 aliphatic carbocycles. The van der Waals surface area contributed by atoms with Crippen molar-refractivity contribution in [3.8, 4) is 27.9 Å². The van der Waals surface area contributed by atoms with Gasteiger partial charge in [0.2, 0.25) is 0 Å². The first-order valence-corrected chi connectivity index (χ1v) is 14.9. The Kier molecular flexibility index (Phi) is 5.27. The van der Waals surface area contributed by atoms with Gasteiger partial charge in [-0.15, -0.1) is 0 Å². The molecule has 0 amide bonds. The second kappa shape index (κ2) is 9.44. The van der Waals surface area contributed by atoms with Crippen molar-refractivity contribution in [2.24, 2.45) is 0 Å². The molecule has 1 heterocycles. The lowest BCUT2D eigenvalue weighted by Gasteiger charge is -2.17. The summed E-state index contributed by atoms with van der Waals surface area (Å²) in [6.07, 6.45) is 0. The molecule has 9 rings (SSSR count). The van der Waals surface area contributed by atoms with E-state index in [4.69, 9.17) is 0 Å². The average Bonchev–Trinajstić information content (AvgIpc) is 3.42. The summed E-state index contributed by atoms with van der Waals surface area (Å²) in [6, 6.07) is 59.7. The van der Waals surface area contributed by atoms with Gasteiger partial charge < -0.3 is 4.57 Å². The zero-order valence-electron chi connectivity index (χ0n) is 23.5. The summed E-state index contributed by atoms with van der Waals surface area (Å²) in [6.45, 7) is 0. The van der Waals surface area contributed by atoms with Crippen molar-refractivity contribution in [2.75, 3.05) is 0 Å². The third-order valence-electron chi connectivity index (χ3n) is 8.95. The van der Waals surface area contributed by atoms with Gasteiger partial charge in [-0.3, -0.25) is 0 Å². The van der Waals surface area contributed by atoms with E-state index in [1.807, 2.05) is 0 Å². The first-order valence-electron chi connectivity index (χ1n) is 14.9. The minimum Gasteiger partial charge on any atom is -0.309 e. The monoisotopic (exact) mass is 545 g/mol. The van der Waals surface area contributed by atoms with E-state index in [0.717, 1.165) is 0 Å². The quantitative estimate of drug-likeness (QED) is 0.195. The number of rotatable bonds is 3. The summed E-state index contributed by atoms with van der Waals surface area (Å²) < 4.78 is 2.38. The standard InChI is InChI=1S/C42H27N/c1-3-13-28(14-4-1)37-26-30(27-39-34-19-8-7-17-32(34)33-18-9-10-21-36(33)42(37)39)29-23-24-41-38(25-29)35-20-11-12-22-40(35)43(41)31-15-5-2-6-16-31/h1-27H. The molecule has 0 atom stereocenters. The van der Waals surface area contributed by atoms with Crippen LogP contribution in [0.25, 0.3) is 82.1 Å². The normalized spacial score (nSPS) is 11.7. The number of fused-ring (bicyclic) bond motifs is 9. The van der Waals surface area contributed by atoms with Crippen LogP contribution in [0.5, 0.6) is 0 Å². The fourth-order valence-corrected chi connectivity index (χ4v) is 7.05. The van der Waals surface area contributed by atoms with Crippen LogP contribution in [0.2, 0.25) is 0 Å². The van der Waals surface area contributed by atoms with E-state index in [0.29, 0.717) is 0 Å². The first-order chi connectivity index (χ1) is 21.3. The molecule has 0 spiro atoms. The maximum atomic E-state index is 2.41. The van der Waals surface area contributed by atoms with E-state index in [9.17, 15) is 0 Å². The number of aromatic nitrogens is 1. The van der Waals surface area contributed by atoms with Gasteiger partial charge >= 0.3 is 0 Å². The Morgan fingerprint density at radius 3 is 1.58 bits per heavy atom. The predicted molar refractivity (Wildman–Crippen MR) is 184 cm³/mol. The van der Waals surface area contributed by atoms with Gasteiger partial charge in [-0.05, 0) is 97.0 Å². The van der Waals surface area contributed by atoms with E-state index in [1.165, 1.54) is 82.1 Å². The van der Waals surface area contributed by atoms with Gasteiger partial charge in [0.1, 0.15) is 0 Å². The summed E-state index contributed by atoms with van der Waals surface area (Å²) in [5.74, 6) is 0. The van der Waals surface area contributed by atoms with Crippen LogP contribution in [0.1, 0.15) is 0 Å². The SMILES string of the molecule is c1ccc(-c2cc(-c3ccc4c(c3)c3ccccc3n4-c3ccccc3)cc3c4ccccc4c4ccccc4c23)cc1. The van der Waals surface area contributed by atoms with Crippen molar-refractivity contribution in [1.82, 2.24) is 4.57 Å². The minimum atomic E-state index is 1.18. The largest absolute Gasteiger partial charge is 0.309 e. The molecule has 0 N–H and O–H groups in total. The number of para-hydroxylation sites is 2. The topological polar surface area (TPSA) is 4.93 Å². The fourth-order valence-electron chi connectivity index (χ4n) is 7.05. The first kappa shape index (κ1) is 24.0. The third kappa shape index (κ3) is 3.65. The zero-order valence-corrected chi connectivity index (χ0v) is 23.5. The second-order valence-corrected chi connectivity index (χ2v) is 11.3. The van der Waals surface area contributed by atoms with E-state index in [2.05, 4.69) is 168 Å². The van der Waals surface area contributed by atoms with Crippen molar-refractivity contribution in [3.05, 3.63) is 164 Å². The number of benzene rings is 8. The van der Waals surface area contributed by atoms with E-state index in [1.54, 1.807) is 0 Å². The Hall–Kier alpha value is -5.66. The van der Waals surface area contributed by atoms with E-state index >= 15 is 0 Å². The molecule has 0 saturated heterocycles. The van der Waals surface area contributed by atoms with Gasteiger partial charge in [-0.2, -0.15) is 0 Å². The zero-order chi connectivity index (χ0) is 28.3. The van der Waals surface area contributed by atoms with Crippen LogP contribution in [-0.2, 0) is 0 Å². The van der Waals surface area contributed by atoms with Crippen LogP contribution in [0.3, 0.4) is 0 Å². The molecule has 0 aliphatic rings. The number of hydrogen-bond donors (Lipinski definition) is 0. The Morgan fingerprint density at radius 2 is 0.837 bits per heavy atom. The van der Waals surface area contributed by atoms with Gasteiger partial charge in [-0.25, -0.2) is 0 Å². The predicted octanol–water partition coefficient (Wildman–Crippen LogP) is 11.6. The van der Waals surface area contributed by atoms with Gasteiger partial charge in [0.25, 0.3) is 0 Å². The van der Waals surface area contributed by atoms with Crippen molar-refractivity contribution >= 4 is 54.1 Å². The van der Waals surface area contributed by atoms with Crippen LogP contribution >= 0.6 is 0 Å². The molecule has 1 heteroatoms. The molecule has 0 aliphatic heterocycles. The Bertz CT molecular complexity index is 2480. The molecule has 43 heavy (non-hydrogen) atoms. The average molecular weight is 546 g/mol. The van der Waals surface area contributed by atoms with Crippen molar-refractivity contribution in [1.29, 1.82) is 0 Å². The molecule has 200 valence electrons. The Morgan fingerprint density at radius 1 is 0.302 bits per heavy atom. The van der Waals surface area contributed by atoms with Gasteiger partial charge in [0.15, 0.2) is 0 Å². The van der Waals surface area contributed by atoms with Crippen LogP contribution in [0.15, 0.2) is 164 Å². The molecule has 9 aromatic rings. The lowest BCUT2D eigenvalue weighted by atomic mass is 9.87. The van der Waals surface area contributed by atoms with Crippen LogP contribution in [0.4, 0.5) is 0 Å². The fraction of sp³-hybridized carbons (Fsp3) is 0. The highest BCUT2D eigenvalue weighted by atomic mass is 15.0. The van der Waals surface area contributed by atoms with Crippen molar-refractivity contribution < 1.29 is 0 Å². The molecule has 0 unspecified atom stereocenters. The summed E-state index contributed by atoms with van der Waals surface area (Å²) >= 11 is 0. The Labute approximate surface area is 249 Å². The highest BCUT2D eigenvalue weighted by Gasteiger charge is 2.17. The van der Waals surface area contributed by atoms with Gasteiger partial charge in [0.05, 0.1) is 11.0 Å². The highest BCUT2D eigenvalue weighted by molar-refractivity contribution is 6.29. The smallest absolute Gasteiger partial charge is 0.0541 e. The summed E-state index contributed by atoms with van der Waals surface area (Å²) in [5.41, 5.74) is 8.57. The van der Waals surface area contributed by atoms with Crippen LogP contribution < -0.4 is 0 Å². The number of nitrogens with zero attached hydrogens (tertiary/aromatic N) is 1. The van der Waals surface area contributed by atoms with Gasteiger partial charge in [0, 0.05) is 16.5 Å². The van der Waals surface area contributed by atoms with Crippen molar-refractivity contribution in [2.45, 2.75) is 0 Å². The molecule has 0 bridgehead atoms. The third-order valence-corrected chi connectivity index (χ3v) is 8.95. The molecule has 0 saturated carbocycles. The molecule has 1 nitrogen and oxygen atoms in total. The Balaban J connectivity index is 1.39. The molecular weight excluding hydrogens is 518 g/mol. The molecular formula is C42H27N. The van der Waals surface area contributed by atoms with Crippen LogP contribution in [0, 0.1) is 0 Å². The lowest BCUT2D eigenvalue weighted by Crippen LogP contribution is -1.93. The summed E-state index contributed by atoms with van der Waals surface area (Å²) in [5, 5.41) is 10.3. The maximum absolute atomic E-state index is 2.41. The molecule has 0 fully saturated rings. The van der Waals surface area contributed by atoms with Crippen molar-refractivity contribution in [3.63, 3.8) is 0 Å². The highest BCUT2D eigenvalue weighted by Crippen LogP contribution is 2.43. The molecule has 8 aromatic carbocycles. The number of hydrogen-bond acceptors (Lipinski definition) is 0. The minimum absolute atomic E-state index is 1.18. The second-order valence-electron chi connectivity index (χ2n) is 11.3. The molecule has 1 aromatic heterocycles. The maximum Gasteiger partial charge on any atom is 0.0541 e. The summed E-state index contributed by atoms with van der Waals surface area (Å²) in [7, 11) is 0. The summed E-state index contributed by atoms with van der Waals surface area (Å²) in [4.78, 5) is 0.